The highest BCUT2D eigenvalue weighted by molar-refractivity contribution is 7.09. The number of halogens is 2. The molecule has 186 valence electrons. The van der Waals surface area contributed by atoms with Crippen molar-refractivity contribution in [2.75, 3.05) is 13.1 Å². The molecule has 4 aromatic rings. The zero-order chi connectivity index (χ0) is 25.4. The van der Waals surface area contributed by atoms with Crippen LogP contribution < -0.4 is 5.32 Å². The second-order valence-electron chi connectivity index (χ2n) is 8.75. The summed E-state index contributed by atoms with van der Waals surface area (Å²) in [7, 11) is 0. The second kappa shape index (κ2) is 9.69. The van der Waals surface area contributed by atoms with Gasteiger partial charge in [-0.3, -0.25) is 9.59 Å². The van der Waals surface area contributed by atoms with Crippen LogP contribution in [0.3, 0.4) is 0 Å². The lowest BCUT2D eigenvalue weighted by Gasteiger charge is -2.31. The van der Waals surface area contributed by atoms with Crippen molar-refractivity contribution in [1.82, 2.24) is 35.0 Å². The monoisotopic (exact) mass is 511 g/mol. The molecule has 1 fully saturated rings. The normalized spacial score (nSPS) is 14.4. The summed E-state index contributed by atoms with van der Waals surface area (Å²) >= 11 is 1.39. The number of aryl methyl sites for hydroxylation is 2. The van der Waals surface area contributed by atoms with E-state index in [1.54, 1.807) is 21.7 Å². The van der Waals surface area contributed by atoms with Gasteiger partial charge in [-0.15, -0.1) is 21.5 Å². The third-order valence-electron chi connectivity index (χ3n) is 6.27. The molecule has 1 saturated heterocycles. The van der Waals surface area contributed by atoms with Crippen molar-refractivity contribution in [3.63, 3.8) is 0 Å². The van der Waals surface area contributed by atoms with Crippen LogP contribution in [0.5, 0.6) is 0 Å². The maximum Gasteiger partial charge on any atom is 0.276 e. The zero-order valence-corrected chi connectivity index (χ0v) is 20.5. The number of likely N-dealkylation sites (tertiary alicyclic amines) is 1. The molecule has 1 aliphatic rings. The fourth-order valence-corrected chi connectivity index (χ4v) is 5.24. The van der Waals surface area contributed by atoms with Crippen molar-refractivity contribution in [3.8, 4) is 0 Å². The summed E-state index contributed by atoms with van der Waals surface area (Å²) in [5, 5.41) is 17.8. The highest BCUT2D eigenvalue weighted by atomic mass is 32.1. The van der Waals surface area contributed by atoms with Crippen LogP contribution in [0.2, 0.25) is 0 Å². The van der Waals surface area contributed by atoms with E-state index in [1.165, 1.54) is 17.4 Å². The molecule has 0 aliphatic carbocycles. The van der Waals surface area contributed by atoms with Gasteiger partial charge in [0.15, 0.2) is 11.3 Å². The van der Waals surface area contributed by atoms with Crippen molar-refractivity contribution in [2.45, 2.75) is 39.2 Å². The molecule has 0 atom stereocenters. The van der Waals surface area contributed by atoms with Gasteiger partial charge in [-0.25, -0.2) is 18.3 Å². The number of nitrogens with zero attached hydrogens (tertiary/aromatic N) is 6. The first kappa shape index (κ1) is 23.9. The molecule has 3 aromatic heterocycles. The van der Waals surface area contributed by atoms with Crippen LogP contribution in [0.4, 0.5) is 8.78 Å². The Morgan fingerprint density at radius 2 is 1.92 bits per heavy atom. The van der Waals surface area contributed by atoms with Gasteiger partial charge in [-0.1, -0.05) is 6.07 Å². The number of carbonyl (C=O) groups is 2. The SMILES string of the molecule is Cc1cc2nnc(C(=O)N3CCC(c4nc(C(=O)NCc5ccc(F)cc5F)cs4)CC3)c(C)n2n1. The van der Waals surface area contributed by atoms with Crippen LogP contribution in [-0.2, 0) is 6.54 Å². The summed E-state index contributed by atoms with van der Waals surface area (Å²) in [6.45, 7) is 4.67. The van der Waals surface area contributed by atoms with E-state index in [4.69, 9.17) is 0 Å². The topological polar surface area (TPSA) is 105 Å². The average molecular weight is 512 g/mol. The summed E-state index contributed by atoms with van der Waals surface area (Å²) in [6.07, 6.45) is 1.41. The van der Waals surface area contributed by atoms with E-state index < -0.39 is 17.5 Å². The highest BCUT2D eigenvalue weighted by Crippen LogP contribution is 2.31. The molecule has 0 radical (unpaired) electrons. The zero-order valence-electron chi connectivity index (χ0n) is 19.7. The number of carbonyl (C=O) groups excluding carboxylic acids is 2. The number of amides is 2. The average Bonchev–Trinajstić information content (AvgIpc) is 3.50. The minimum absolute atomic E-state index is 0.0650. The van der Waals surface area contributed by atoms with Gasteiger partial charge in [0, 0.05) is 48.6 Å². The molecule has 2 amide bonds. The van der Waals surface area contributed by atoms with Crippen LogP contribution in [0, 0.1) is 25.5 Å². The summed E-state index contributed by atoms with van der Waals surface area (Å²) in [6, 6.07) is 5.04. The predicted molar refractivity (Wildman–Crippen MR) is 128 cm³/mol. The summed E-state index contributed by atoms with van der Waals surface area (Å²) in [5.41, 5.74) is 2.79. The van der Waals surface area contributed by atoms with Gasteiger partial charge in [-0.05, 0) is 32.8 Å². The van der Waals surface area contributed by atoms with Crippen molar-refractivity contribution in [3.05, 3.63) is 74.6 Å². The van der Waals surface area contributed by atoms with E-state index in [2.05, 4.69) is 25.6 Å². The Balaban J connectivity index is 1.19. The van der Waals surface area contributed by atoms with Crippen LogP contribution in [0.25, 0.3) is 5.65 Å². The van der Waals surface area contributed by atoms with Gasteiger partial charge < -0.3 is 10.2 Å². The number of fused-ring (bicyclic) bond motifs is 1. The van der Waals surface area contributed by atoms with Gasteiger partial charge in [-0.2, -0.15) is 5.10 Å². The van der Waals surface area contributed by atoms with Gasteiger partial charge in [0.05, 0.1) is 16.4 Å². The third kappa shape index (κ3) is 4.68. The van der Waals surface area contributed by atoms with E-state index >= 15 is 0 Å². The van der Waals surface area contributed by atoms with Crippen molar-refractivity contribution < 1.29 is 18.4 Å². The molecule has 12 heteroatoms. The molecule has 0 unspecified atom stereocenters. The first-order valence-corrected chi connectivity index (χ1v) is 12.3. The maximum atomic E-state index is 13.8. The lowest BCUT2D eigenvalue weighted by atomic mass is 9.97. The molecule has 4 heterocycles. The maximum absolute atomic E-state index is 13.8. The Morgan fingerprint density at radius 1 is 1.14 bits per heavy atom. The summed E-state index contributed by atoms with van der Waals surface area (Å²) in [5.74, 6) is -1.86. The Hall–Kier alpha value is -3.80. The van der Waals surface area contributed by atoms with E-state index in [-0.39, 0.29) is 35.3 Å². The summed E-state index contributed by atoms with van der Waals surface area (Å²) in [4.78, 5) is 31.8. The molecule has 0 spiro atoms. The van der Waals surface area contributed by atoms with Crippen LogP contribution >= 0.6 is 11.3 Å². The first-order chi connectivity index (χ1) is 17.3. The lowest BCUT2D eigenvalue weighted by molar-refractivity contribution is 0.0704. The fraction of sp³-hybridized carbons (Fsp3) is 0.333. The van der Waals surface area contributed by atoms with Gasteiger partial charge >= 0.3 is 0 Å². The standard InChI is InChI=1S/C24H23F2N7O2S/c1-13-9-20-29-30-21(14(2)33(20)31-13)24(35)32-7-5-15(6-8-32)23-28-19(12-36-23)22(34)27-11-16-3-4-17(25)10-18(16)26/h3-4,9-10,12,15H,5-8,11H2,1-2H3,(H,27,34). The number of hydrogen-bond acceptors (Lipinski definition) is 7. The quantitative estimate of drug-likeness (QED) is 0.440. The fourth-order valence-electron chi connectivity index (χ4n) is 4.27. The highest BCUT2D eigenvalue weighted by Gasteiger charge is 2.29. The van der Waals surface area contributed by atoms with E-state index in [0.717, 1.165) is 22.8 Å². The molecule has 0 bridgehead atoms. The van der Waals surface area contributed by atoms with Gasteiger partial charge in [0.2, 0.25) is 0 Å². The Labute approximate surface area is 209 Å². The molecule has 9 nitrogen and oxygen atoms in total. The Kier molecular flexibility index (Phi) is 6.44. The smallest absolute Gasteiger partial charge is 0.276 e. The first-order valence-electron chi connectivity index (χ1n) is 11.5. The molecule has 1 N–H and O–H groups in total. The lowest BCUT2D eigenvalue weighted by Crippen LogP contribution is -2.39. The number of piperidine rings is 1. The number of rotatable bonds is 5. The third-order valence-corrected chi connectivity index (χ3v) is 7.28. The molecule has 5 rings (SSSR count). The van der Waals surface area contributed by atoms with Crippen LogP contribution in [-0.4, -0.2) is 54.6 Å². The number of nitrogens with one attached hydrogen (secondary N) is 1. The Bertz CT molecular complexity index is 1460. The van der Waals surface area contributed by atoms with E-state index in [9.17, 15) is 18.4 Å². The van der Waals surface area contributed by atoms with Crippen molar-refractivity contribution in [2.24, 2.45) is 0 Å². The number of benzene rings is 1. The predicted octanol–water partition coefficient (Wildman–Crippen LogP) is 3.43. The minimum Gasteiger partial charge on any atom is -0.346 e. The van der Waals surface area contributed by atoms with E-state index in [1.807, 2.05) is 13.0 Å². The Morgan fingerprint density at radius 3 is 2.67 bits per heavy atom. The minimum atomic E-state index is -0.712. The van der Waals surface area contributed by atoms with Gasteiger partial charge in [0.1, 0.15) is 17.3 Å². The van der Waals surface area contributed by atoms with E-state index in [0.29, 0.717) is 37.3 Å². The summed E-state index contributed by atoms with van der Waals surface area (Å²) < 4.78 is 28.5. The van der Waals surface area contributed by atoms with Crippen molar-refractivity contribution >= 4 is 28.8 Å². The molecular formula is C24H23F2N7O2S. The second-order valence-corrected chi connectivity index (χ2v) is 9.64. The number of aromatic nitrogens is 5. The molecule has 36 heavy (non-hydrogen) atoms. The molecular weight excluding hydrogens is 488 g/mol. The largest absolute Gasteiger partial charge is 0.346 e. The number of hydrogen-bond donors (Lipinski definition) is 1. The molecule has 0 saturated carbocycles. The van der Waals surface area contributed by atoms with Crippen LogP contribution in [0.15, 0.2) is 29.6 Å². The van der Waals surface area contributed by atoms with Crippen LogP contribution in [0.1, 0.15) is 61.7 Å². The molecule has 1 aliphatic heterocycles. The van der Waals surface area contributed by atoms with Crippen molar-refractivity contribution in [1.29, 1.82) is 0 Å². The molecule has 1 aromatic carbocycles. The van der Waals surface area contributed by atoms with Gasteiger partial charge in [0.25, 0.3) is 11.8 Å². The number of thiazole rings is 1.